The summed E-state index contributed by atoms with van der Waals surface area (Å²) in [6.45, 7) is 5.75. The van der Waals surface area contributed by atoms with Crippen LogP contribution in [0.5, 0.6) is 0 Å². The third kappa shape index (κ3) is 3.53. The van der Waals surface area contributed by atoms with Gasteiger partial charge in [-0.15, -0.1) is 11.3 Å². The number of fused-ring (bicyclic) bond motifs is 1. The van der Waals surface area contributed by atoms with Gasteiger partial charge in [-0.25, -0.2) is 4.98 Å². The summed E-state index contributed by atoms with van der Waals surface area (Å²) in [5.41, 5.74) is 3.71. The fourth-order valence-corrected chi connectivity index (χ4v) is 4.94. The van der Waals surface area contributed by atoms with Gasteiger partial charge in [-0.05, 0) is 61.4 Å². The van der Waals surface area contributed by atoms with Gasteiger partial charge in [0.05, 0.1) is 17.0 Å². The predicted molar refractivity (Wildman–Crippen MR) is 111 cm³/mol. The molecule has 0 N–H and O–H groups in total. The van der Waals surface area contributed by atoms with E-state index in [2.05, 4.69) is 4.98 Å². The molecule has 140 valence electrons. The number of nitrogens with zero attached hydrogens (tertiary/aromatic N) is 3. The number of amides is 1. The van der Waals surface area contributed by atoms with E-state index < -0.39 is 0 Å². The first-order chi connectivity index (χ1) is 13.0. The van der Waals surface area contributed by atoms with E-state index in [1.54, 1.807) is 4.57 Å². The molecular formula is C20H21N3O2S2. The van der Waals surface area contributed by atoms with Crippen molar-refractivity contribution in [3.05, 3.63) is 51.1 Å². The Balaban J connectivity index is 1.74. The number of likely N-dealkylation sites (tertiary alicyclic amines) is 1. The number of aryl methyl sites for hydroxylation is 2. The monoisotopic (exact) mass is 399 g/mol. The first-order valence-electron chi connectivity index (χ1n) is 9.03. The molecule has 5 nitrogen and oxygen atoms in total. The van der Waals surface area contributed by atoms with E-state index in [0.29, 0.717) is 21.1 Å². The molecule has 1 saturated heterocycles. The van der Waals surface area contributed by atoms with Gasteiger partial charge >= 0.3 is 0 Å². The highest BCUT2D eigenvalue weighted by Gasteiger charge is 2.20. The number of hydrogen-bond donors (Lipinski definition) is 0. The molecule has 27 heavy (non-hydrogen) atoms. The molecule has 0 saturated carbocycles. The summed E-state index contributed by atoms with van der Waals surface area (Å²) in [5.74, 6) is 0.413. The summed E-state index contributed by atoms with van der Waals surface area (Å²) in [6.07, 6.45) is 2.14. The lowest BCUT2D eigenvalue weighted by Crippen LogP contribution is -2.29. The molecular weight excluding hydrogens is 378 g/mol. The standard InChI is InChI=1S/C20H21N3O2S2/c1-13-5-6-15(11-14(13)2)23-19(25)18-16(7-10-26-18)21-20(23)27-12-17(24)22-8-3-4-9-22/h5-7,10-11H,3-4,8-9,12H2,1-2H3. The molecule has 0 atom stereocenters. The first-order valence-corrected chi connectivity index (χ1v) is 10.9. The van der Waals surface area contributed by atoms with Gasteiger partial charge in [0.25, 0.3) is 5.56 Å². The zero-order chi connectivity index (χ0) is 19.0. The molecule has 0 unspecified atom stereocenters. The van der Waals surface area contributed by atoms with Crippen LogP contribution in [0.15, 0.2) is 39.6 Å². The minimum absolute atomic E-state index is 0.0747. The van der Waals surface area contributed by atoms with Gasteiger partial charge in [-0.1, -0.05) is 17.8 Å². The largest absolute Gasteiger partial charge is 0.342 e. The summed E-state index contributed by atoms with van der Waals surface area (Å²) < 4.78 is 2.29. The Hall–Kier alpha value is -2.12. The molecule has 1 aromatic carbocycles. The smallest absolute Gasteiger partial charge is 0.276 e. The second kappa shape index (κ2) is 7.48. The van der Waals surface area contributed by atoms with E-state index in [0.717, 1.165) is 37.2 Å². The molecule has 1 aliphatic rings. The quantitative estimate of drug-likeness (QED) is 0.495. The fraction of sp³-hybridized carbons (Fsp3) is 0.350. The third-order valence-corrected chi connectivity index (χ3v) is 6.80. The van der Waals surface area contributed by atoms with Crippen LogP contribution in [-0.2, 0) is 4.79 Å². The maximum atomic E-state index is 13.1. The number of aromatic nitrogens is 2. The van der Waals surface area contributed by atoms with E-state index in [9.17, 15) is 9.59 Å². The van der Waals surface area contributed by atoms with E-state index in [4.69, 9.17) is 0 Å². The number of rotatable bonds is 4. The van der Waals surface area contributed by atoms with Crippen molar-refractivity contribution in [2.24, 2.45) is 0 Å². The normalized spacial score (nSPS) is 14.2. The molecule has 0 spiro atoms. The van der Waals surface area contributed by atoms with Gasteiger partial charge in [-0.2, -0.15) is 0 Å². The van der Waals surface area contributed by atoms with Crippen LogP contribution in [-0.4, -0.2) is 39.2 Å². The fourth-order valence-electron chi connectivity index (χ4n) is 3.27. The van der Waals surface area contributed by atoms with Crippen molar-refractivity contribution in [1.29, 1.82) is 0 Å². The predicted octanol–water partition coefficient (Wildman–Crippen LogP) is 3.78. The topological polar surface area (TPSA) is 55.2 Å². The number of hydrogen-bond acceptors (Lipinski definition) is 5. The molecule has 4 rings (SSSR count). The number of carbonyl (C=O) groups excluding carboxylic acids is 1. The Morgan fingerprint density at radius 3 is 2.70 bits per heavy atom. The molecule has 0 radical (unpaired) electrons. The van der Waals surface area contributed by atoms with Crippen molar-refractivity contribution < 1.29 is 4.79 Å². The van der Waals surface area contributed by atoms with E-state index >= 15 is 0 Å². The number of thioether (sulfide) groups is 1. The van der Waals surface area contributed by atoms with Gasteiger partial charge in [0, 0.05) is 13.1 Å². The second-order valence-corrected chi connectivity index (χ2v) is 8.67. The van der Waals surface area contributed by atoms with Crippen molar-refractivity contribution in [2.75, 3.05) is 18.8 Å². The lowest BCUT2D eigenvalue weighted by Gasteiger charge is -2.16. The lowest BCUT2D eigenvalue weighted by atomic mass is 10.1. The molecule has 1 amide bonds. The maximum absolute atomic E-state index is 13.1. The van der Waals surface area contributed by atoms with Gasteiger partial charge in [-0.3, -0.25) is 14.2 Å². The van der Waals surface area contributed by atoms with Crippen molar-refractivity contribution in [3.8, 4) is 5.69 Å². The van der Waals surface area contributed by atoms with Crippen LogP contribution in [0.25, 0.3) is 15.9 Å². The van der Waals surface area contributed by atoms with Crippen LogP contribution in [0.4, 0.5) is 0 Å². The lowest BCUT2D eigenvalue weighted by molar-refractivity contribution is -0.127. The molecule has 3 heterocycles. The van der Waals surface area contributed by atoms with Gasteiger partial charge < -0.3 is 4.90 Å². The van der Waals surface area contributed by atoms with E-state index in [1.807, 2.05) is 48.4 Å². The van der Waals surface area contributed by atoms with E-state index in [1.165, 1.54) is 28.7 Å². The van der Waals surface area contributed by atoms with Crippen molar-refractivity contribution in [2.45, 2.75) is 31.8 Å². The molecule has 0 aliphatic carbocycles. The highest BCUT2D eigenvalue weighted by Crippen LogP contribution is 2.25. The average Bonchev–Trinajstić information content (AvgIpc) is 3.34. The molecule has 1 aliphatic heterocycles. The van der Waals surface area contributed by atoms with Crippen LogP contribution in [0.1, 0.15) is 24.0 Å². The average molecular weight is 400 g/mol. The minimum atomic E-state index is -0.0747. The highest BCUT2D eigenvalue weighted by atomic mass is 32.2. The Kier molecular flexibility index (Phi) is 5.06. The summed E-state index contributed by atoms with van der Waals surface area (Å²) in [4.78, 5) is 32.2. The first kappa shape index (κ1) is 18.3. The number of carbonyl (C=O) groups is 1. The third-order valence-electron chi connectivity index (χ3n) is 4.98. The molecule has 1 fully saturated rings. The zero-order valence-electron chi connectivity index (χ0n) is 15.4. The Labute approximate surface area is 166 Å². The van der Waals surface area contributed by atoms with Crippen LogP contribution in [0.3, 0.4) is 0 Å². The molecule has 2 aromatic heterocycles. The minimum Gasteiger partial charge on any atom is -0.342 e. The van der Waals surface area contributed by atoms with Crippen LogP contribution in [0, 0.1) is 13.8 Å². The second-order valence-electron chi connectivity index (χ2n) is 6.82. The van der Waals surface area contributed by atoms with Crippen molar-refractivity contribution >= 4 is 39.2 Å². The summed E-state index contributed by atoms with van der Waals surface area (Å²) >= 11 is 2.75. The highest BCUT2D eigenvalue weighted by molar-refractivity contribution is 7.99. The number of benzene rings is 1. The Bertz CT molecular complexity index is 1060. The molecule has 3 aromatic rings. The summed E-state index contributed by atoms with van der Waals surface area (Å²) in [7, 11) is 0. The summed E-state index contributed by atoms with van der Waals surface area (Å²) in [5, 5.41) is 2.45. The molecule has 7 heteroatoms. The van der Waals surface area contributed by atoms with Crippen molar-refractivity contribution in [3.63, 3.8) is 0 Å². The van der Waals surface area contributed by atoms with Crippen molar-refractivity contribution in [1.82, 2.24) is 14.5 Å². The molecule has 0 bridgehead atoms. The number of thiophene rings is 1. The van der Waals surface area contributed by atoms with Gasteiger partial charge in [0.1, 0.15) is 4.70 Å². The Morgan fingerprint density at radius 2 is 1.96 bits per heavy atom. The van der Waals surface area contributed by atoms with Crippen LogP contribution < -0.4 is 5.56 Å². The maximum Gasteiger partial charge on any atom is 0.276 e. The van der Waals surface area contributed by atoms with Gasteiger partial charge in [0.2, 0.25) is 5.91 Å². The van der Waals surface area contributed by atoms with Gasteiger partial charge in [0.15, 0.2) is 5.16 Å². The zero-order valence-corrected chi connectivity index (χ0v) is 17.0. The van der Waals surface area contributed by atoms with Crippen LogP contribution >= 0.6 is 23.1 Å². The SMILES string of the molecule is Cc1ccc(-n2c(SCC(=O)N3CCCC3)nc3ccsc3c2=O)cc1C. The summed E-state index contributed by atoms with van der Waals surface area (Å²) in [6, 6.07) is 7.82. The van der Waals surface area contributed by atoms with Crippen LogP contribution in [0.2, 0.25) is 0 Å². The van der Waals surface area contributed by atoms with E-state index in [-0.39, 0.29) is 11.5 Å². The Morgan fingerprint density at radius 1 is 1.19 bits per heavy atom.